The van der Waals surface area contributed by atoms with Crippen LogP contribution in [-0.4, -0.2) is 11.7 Å². The number of phenols is 1. The van der Waals surface area contributed by atoms with Gasteiger partial charge in [-0.2, -0.15) is 0 Å². The molecule has 0 radical (unpaired) electrons. The molecular formula is C8H9ClFNO2. The van der Waals surface area contributed by atoms with E-state index >= 15 is 0 Å². The van der Waals surface area contributed by atoms with Gasteiger partial charge >= 0.3 is 0 Å². The summed E-state index contributed by atoms with van der Waals surface area (Å²) in [7, 11) is 0. The molecular weight excluding hydrogens is 197 g/mol. The summed E-state index contributed by atoms with van der Waals surface area (Å²) in [5, 5.41) is 9.22. The average Bonchev–Trinajstić information content (AvgIpc) is 2.09. The summed E-state index contributed by atoms with van der Waals surface area (Å²) in [6.45, 7) is 0.246. The molecule has 0 aliphatic rings. The van der Waals surface area contributed by atoms with E-state index < -0.39 is 5.82 Å². The van der Waals surface area contributed by atoms with Crippen LogP contribution in [0.5, 0.6) is 5.75 Å². The van der Waals surface area contributed by atoms with E-state index in [9.17, 15) is 9.50 Å². The van der Waals surface area contributed by atoms with Crippen LogP contribution >= 0.6 is 11.6 Å². The minimum Gasteiger partial charge on any atom is -0.508 e. The van der Waals surface area contributed by atoms with E-state index in [0.29, 0.717) is 12.0 Å². The molecule has 0 amide bonds. The van der Waals surface area contributed by atoms with Crippen molar-refractivity contribution in [2.24, 2.45) is 5.90 Å². The first-order valence-electron chi connectivity index (χ1n) is 3.63. The molecule has 0 aromatic heterocycles. The van der Waals surface area contributed by atoms with E-state index in [2.05, 4.69) is 4.84 Å². The lowest BCUT2D eigenvalue weighted by Crippen LogP contribution is -2.04. The molecule has 3 nitrogen and oxygen atoms in total. The molecule has 0 fully saturated rings. The number of nitrogens with two attached hydrogens (primary N) is 1. The van der Waals surface area contributed by atoms with E-state index in [1.165, 1.54) is 6.07 Å². The first kappa shape index (κ1) is 10.2. The van der Waals surface area contributed by atoms with Crippen LogP contribution in [0.1, 0.15) is 5.56 Å². The van der Waals surface area contributed by atoms with Crippen molar-refractivity contribution >= 4 is 11.6 Å². The van der Waals surface area contributed by atoms with Crippen LogP contribution in [0.15, 0.2) is 12.1 Å². The fourth-order valence-electron chi connectivity index (χ4n) is 0.947. The van der Waals surface area contributed by atoms with Crippen LogP contribution in [0.3, 0.4) is 0 Å². The highest BCUT2D eigenvalue weighted by molar-refractivity contribution is 6.30. The third kappa shape index (κ3) is 2.55. The Morgan fingerprint density at radius 2 is 2.23 bits per heavy atom. The van der Waals surface area contributed by atoms with E-state index in [1.54, 1.807) is 0 Å². The Bertz CT molecular complexity index is 306. The second-order valence-corrected chi connectivity index (χ2v) is 2.92. The maximum atomic E-state index is 12.7. The van der Waals surface area contributed by atoms with E-state index in [4.69, 9.17) is 17.5 Å². The number of aromatic hydroxyl groups is 1. The van der Waals surface area contributed by atoms with Crippen molar-refractivity contribution in [2.45, 2.75) is 6.42 Å². The Balaban J connectivity index is 2.88. The number of hydrogen-bond acceptors (Lipinski definition) is 3. The van der Waals surface area contributed by atoms with Crippen molar-refractivity contribution in [1.29, 1.82) is 0 Å². The molecule has 1 aromatic rings. The molecule has 1 rings (SSSR count). The molecule has 0 unspecified atom stereocenters. The fourth-order valence-corrected chi connectivity index (χ4v) is 1.13. The van der Waals surface area contributed by atoms with Gasteiger partial charge in [-0.15, -0.1) is 0 Å². The summed E-state index contributed by atoms with van der Waals surface area (Å²) in [6.07, 6.45) is 0.391. The maximum Gasteiger partial charge on any atom is 0.145 e. The third-order valence-corrected chi connectivity index (χ3v) is 1.90. The fraction of sp³-hybridized carbons (Fsp3) is 0.250. The molecule has 3 N–H and O–H groups in total. The van der Waals surface area contributed by atoms with E-state index in [-0.39, 0.29) is 17.4 Å². The van der Waals surface area contributed by atoms with Gasteiger partial charge in [-0.1, -0.05) is 11.6 Å². The monoisotopic (exact) mass is 205 g/mol. The standard InChI is InChI=1S/C8H9ClFNO2/c9-6-3-5(1-2-13-11)8(12)4-7(6)10/h3-4,12H,1-2,11H2. The summed E-state index contributed by atoms with van der Waals surface area (Å²) in [5.41, 5.74) is 0.511. The molecule has 0 heterocycles. The third-order valence-electron chi connectivity index (χ3n) is 1.61. The lowest BCUT2D eigenvalue weighted by molar-refractivity contribution is 0.140. The molecule has 0 atom stereocenters. The molecule has 0 saturated carbocycles. The second-order valence-electron chi connectivity index (χ2n) is 2.52. The SMILES string of the molecule is NOCCc1cc(Cl)c(F)cc1O. The molecule has 0 saturated heterocycles. The number of halogens is 2. The summed E-state index contributed by atoms with van der Waals surface area (Å²) in [6, 6.07) is 2.32. The van der Waals surface area contributed by atoms with Gasteiger partial charge in [-0.05, 0) is 11.6 Å². The zero-order valence-electron chi connectivity index (χ0n) is 6.76. The summed E-state index contributed by atoms with van der Waals surface area (Å²) in [4.78, 5) is 4.32. The second kappa shape index (κ2) is 4.41. The van der Waals surface area contributed by atoms with Crippen molar-refractivity contribution < 1.29 is 14.3 Å². The smallest absolute Gasteiger partial charge is 0.145 e. The van der Waals surface area contributed by atoms with Gasteiger partial charge < -0.3 is 9.94 Å². The predicted octanol–water partition coefficient (Wildman–Crippen LogP) is 1.62. The molecule has 0 aliphatic heterocycles. The zero-order chi connectivity index (χ0) is 9.84. The average molecular weight is 206 g/mol. The summed E-state index contributed by atoms with van der Waals surface area (Å²) in [5.74, 6) is 4.02. The van der Waals surface area contributed by atoms with Gasteiger partial charge in [0.25, 0.3) is 0 Å². The van der Waals surface area contributed by atoms with Crippen LogP contribution in [0.4, 0.5) is 4.39 Å². The highest BCUT2D eigenvalue weighted by Crippen LogP contribution is 2.25. The molecule has 72 valence electrons. The minimum absolute atomic E-state index is 0.0233. The Labute approximate surface area is 79.8 Å². The van der Waals surface area contributed by atoms with Gasteiger partial charge in [0.15, 0.2) is 0 Å². The van der Waals surface area contributed by atoms with Crippen LogP contribution in [0, 0.1) is 5.82 Å². The number of hydrogen-bond donors (Lipinski definition) is 2. The summed E-state index contributed by atoms with van der Waals surface area (Å²) >= 11 is 5.51. The maximum absolute atomic E-state index is 12.7. The van der Waals surface area contributed by atoms with Gasteiger partial charge in [0.2, 0.25) is 0 Å². The molecule has 1 aromatic carbocycles. The van der Waals surface area contributed by atoms with Gasteiger partial charge in [0, 0.05) is 12.5 Å². The number of benzene rings is 1. The largest absolute Gasteiger partial charge is 0.508 e. The van der Waals surface area contributed by atoms with E-state index in [1.807, 2.05) is 0 Å². The Hall–Kier alpha value is -0.840. The molecule has 0 bridgehead atoms. The van der Waals surface area contributed by atoms with Crippen molar-refractivity contribution in [3.63, 3.8) is 0 Å². The number of rotatable bonds is 3. The van der Waals surface area contributed by atoms with Crippen molar-refractivity contribution in [3.05, 3.63) is 28.5 Å². The zero-order valence-corrected chi connectivity index (χ0v) is 7.51. The summed E-state index contributed by atoms with van der Waals surface area (Å²) < 4.78 is 12.7. The van der Waals surface area contributed by atoms with Crippen LogP contribution < -0.4 is 5.90 Å². The van der Waals surface area contributed by atoms with E-state index in [0.717, 1.165) is 6.07 Å². The van der Waals surface area contributed by atoms with Crippen LogP contribution in [0.2, 0.25) is 5.02 Å². The van der Waals surface area contributed by atoms with Crippen molar-refractivity contribution in [1.82, 2.24) is 0 Å². The van der Waals surface area contributed by atoms with Gasteiger partial charge in [-0.25, -0.2) is 10.3 Å². The predicted molar refractivity (Wildman–Crippen MR) is 46.9 cm³/mol. The molecule has 0 spiro atoms. The normalized spacial score (nSPS) is 10.4. The lowest BCUT2D eigenvalue weighted by atomic mass is 10.1. The van der Waals surface area contributed by atoms with Crippen LogP contribution in [0.25, 0.3) is 0 Å². The topological polar surface area (TPSA) is 55.5 Å². The molecule has 5 heteroatoms. The quantitative estimate of drug-likeness (QED) is 0.738. The number of phenolic OH excluding ortho intramolecular Hbond substituents is 1. The Morgan fingerprint density at radius 3 is 2.85 bits per heavy atom. The van der Waals surface area contributed by atoms with Crippen LogP contribution in [-0.2, 0) is 11.3 Å². The van der Waals surface area contributed by atoms with Gasteiger partial charge in [0.1, 0.15) is 11.6 Å². The highest BCUT2D eigenvalue weighted by atomic mass is 35.5. The lowest BCUT2D eigenvalue weighted by Gasteiger charge is -2.04. The molecule has 13 heavy (non-hydrogen) atoms. The minimum atomic E-state index is -0.642. The van der Waals surface area contributed by atoms with Crippen molar-refractivity contribution in [3.8, 4) is 5.75 Å². The molecule has 0 aliphatic carbocycles. The first-order chi connectivity index (χ1) is 6.15. The Morgan fingerprint density at radius 1 is 1.54 bits per heavy atom. The first-order valence-corrected chi connectivity index (χ1v) is 4.01. The van der Waals surface area contributed by atoms with Gasteiger partial charge in [-0.3, -0.25) is 0 Å². The Kier molecular flexibility index (Phi) is 3.48. The van der Waals surface area contributed by atoms with Gasteiger partial charge in [0.05, 0.1) is 11.6 Å². The highest BCUT2D eigenvalue weighted by Gasteiger charge is 2.07. The van der Waals surface area contributed by atoms with Crippen molar-refractivity contribution in [2.75, 3.05) is 6.61 Å².